The van der Waals surface area contributed by atoms with Gasteiger partial charge in [-0.25, -0.2) is 0 Å². The summed E-state index contributed by atoms with van der Waals surface area (Å²) in [6.45, 7) is 0. The molecule has 6 heteroatoms. The first-order chi connectivity index (χ1) is 12.7. The Hall–Kier alpha value is -2.57. The third-order valence-corrected chi connectivity index (χ3v) is 5.46. The van der Waals surface area contributed by atoms with Crippen molar-refractivity contribution >= 4 is 34.7 Å². The smallest absolute Gasteiger partial charge is 0.244 e. The van der Waals surface area contributed by atoms with Gasteiger partial charge in [-0.05, 0) is 57.6 Å². The Morgan fingerprint density at radius 2 is 1.96 bits per heavy atom. The predicted molar refractivity (Wildman–Crippen MR) is 107 cm³/mol. The molecule has 1 aromatic carbocycles. The Morgan fingerprint density at radius 1 is 1.12 bits per heavy atom. The first-order valence-corrected chi connectivity index (χ1v) is 9.79. The fraction of sp³-hybridized carbons (Fsp3) is 0.150. The summed E-state index contributed by atoms with van der Waals surface area (Å²) in [7, 11) is 3.18. The van der Waals surface area contributed by atoms with Crippen LogP contribution in [0.3, 0.4) is 0 Å². The molecule has 1 N–H and O–H groups in total. The number of benzene rings is 1. The van der Waals surface area contributed by atoms with Crippen molar-refractivity contribution < 1.29 is 14.3 Å². The molecular formula is C20H19NO3S2. The zero-order valence-electron chi connectivity index (χ0n) is 14.5. The minimum absolute atomic E-state index is 0.135. The van der Waals surface area contributed by atoms with Gasteiger partial charge in [-0.1, -0.05) is 12.1 Å². The number of thiophene rings is 2. The molecule has 2 heterocycles. The van der Waals surface area contributed by atoms with Crippen LogP contribution in [0.4, 0.5) is 0 Å². The highest BCUT2D eigenvalue weighted by Gasteiger charge is 2.17. The molecule has 0 aliphatic carbocycles. The second-order valence-electron chi connectivity index (χ2n) is 5.46. The molecule has 0 spiro atoms. The Balaban J connectivity index is 1.74. The van der Waals surface area contributed by atoms with E-state index in [1.54, 1.807) is 43.0 Å². The minimum atomic E-state index is -0.149. The lowest BCUT2D eigenvalue weighted by Gasteiger charge is -2.15. The largest absolute Gasteiger partial charge is 0.493 e. The molecule has 1 unspecified atom stereocenters. The van der Waals surface area contributed by atoms with Crippen LogP contribution in [0.1, 0.15) is 22.0 Å². The average molecular weight is 386 g/mol. The molecule has 0 aliphatic heterocycles. The molecule has 1 amide bonds. The van der Waals surface area contributed by atoms with E-state index in [1.165, 1.54) is 6.08 Å². The van der Waals surface area contributed by atoms with Gasteiger partial charge in [0.2, 0.25) is 5.91 Å². The van der Waals surface area contributed by atoms with Crippen LogP contribution in [0.15, 0.2) is 58.6 Å². The fourth-order valence-electron chi connectivity index (χ4n) is 2.53. The highest BCUT2D eigenvalue weighted by Crippen LogP contribution is 2.29. The van der Waals surface area contributed by atoms with Crippen molar-refractivity contribution in [2.24, 2.45) is 0 Å². The standard InChI is InChI=1S/C20H19NO3S2/c1-23-16-7-5-14(12-17(16)24-2)6-8-19(22)21-20(15-9-11-25-13-15)18-4-3-10-26-18/h3-13,20H,1-2H3,(H,21,22)/b8-6+. The van der Waals surface area contributed by atoms with Crippen LogP contribution in [0.2, 0.25) is 0 Å². The predicted octanol–water partition coefficient (Wildman–Crippen LogP) is 4.75. The molecule has 0 saturated carbocycles. The van der Waals surface area contributed by atoms with Gasteiger partial charge in [-0.15, -0.1) is 11.3 Å². The van der Waals surface area contributed by atoms with E-state index in [9.17, 15) is 4.79 Å². The Labute approximate surface area is 160 Å². The van der Waals surface area contributed by atoms with Crippen molar-refractivity contribution in [1.29, 1.82) is 0 Å². The summed E-state index contributed by atoms with van der Waals surface area (Å²) in [5, 5.41) is 9.17. The van der Waals surface area contributed by atoms with Crippen molar-refractivity contribution in [3.8, 4) is 11.5 Å². The second kappa shape index (κ2) is 8.69. The Kier molecular flexibility index (Phi) is 6.09. The number of ether oxygens (including phenoxy) is 2. The van der Waals surface area contributed by atoms with Gasteiger partial charge in [-0.2, -0.15) is 11.3 Å². The molecule has 0 saturated heterocycles. The van der Waals surface area contributed by atoms with Crippen LogP contribution >= 0.6 is 22.7 Å². The number of carbonyl (C=O) groups excluding carboxylic acids is 1. The Bertz CT molecular complexity index is 836. The van der Waals surface area contributed by atoms with Crippen molar-refractivity contribution in [2.45, 2.75) is 6.04 Å². The van der Waals surface area contributed by atoms with E-state index in [4.69, 9.17) is 9.47 Å². The molecular weight excluding hydrogens is 366 g/mol. The van der Waals surface area contributed by atoms with Gasteiger partial charge in [-0.3, -0.25) is 4.79 Å². The maximum Gasteiger partial charge on any atom is 0.244 e. The Morgan fingerprint density at radius 3 is 2.62 bits per heavy atom. The molecule has 0 aliphatic rings. The summed E-state index contributed by atoms with van der Waals surface area (Å²) < 4.78 is 10.5. The molecule has 0 radical (unpaired) electrons. The number of amides is 1. The van der Waals surface area contributed by atoms with E-state index in [1.807, 2.05) is 47.2 Å². The summed E-state index contributed by atoms with van der Waals surface area (Å²) in [5.41, 5.74) is 1.95. The first kappa shape index (κ1) is 18.2. The van der Waals surface area contributed by atoms with Gasteiger partial charge >= 0.3 is 0 Å². The number of hydrogen-bond acceptors (Lipinski definition) is 5. The molecule has 3 aromatic rings. The van der Waals surface area contributed by atoms with Crippen LogP contribution in [-0.4, -0.2) is 20.1 Å². The molecule has 0 fully saturated rings. The number of methoxy groups -OCH3 is 2. The van der Waals surface area contributed by atoms with Crippen molar-refractivity contribution in [2.75, 3.05) is 14.2 Å². The molecule has 134 valence electrons. The number of rotatable bonds is 7. The van der Waals surface area contributed by atoms with Gasteiger partial charge in [0, 0.05) is 11.0 Å². The first-order valence-electron chi connectivity index (χ1n) is 7.97. The van der Waals surface area contributed by atoms with Gasteiger partial charge in [0.1, 0.15) is 0 Å². The lowest BCUT2D eigenvalue weighted by atomic mass is 10.1. The number of nitrogens with one attached hydrogen (secondary N) is 1. The van der Waals surface area contributed by atoms with Crippen LogP contribution in [0.25, 0.3) is 6.08 Å². The minimum Gasteiger partial charge on any atom is -0.493 e. The average Bonchev–Trinajstić information content (AvgIpc) is 3.38. The molecule has 4 nitrogen and oxygen atoms in total. The topological polar surface area (TPSA) is 47.6 Å². The zero-order chi connectivity index (χ0) is 18.4. The normalized spacial score (nSPS) is 12.1. The lowest BCUT2D eigenvalue weighted by molar-refractivity contribution is -0.116. The van der Waals surface area contributed by atoms with E-state index in [0.717, 1.165) is 16.0 Å². The molecule has 0 bridgehead atoms. The highest BCUT2D eigenvalue weighted by atomic mass is 32.1. The van der Waals surface area contributed by atoms with Crippen molar-refractivity contribution in [3.05, 3.63) is 74.6 Å². The molecule has 2 aromatic heterocycles. The molecule has 1 atom stereocenters. The number of carbonyl (C=O) groups is 1. The maximum atomic E-state index is 12.4. The monoisotopic (exact) mass is 385 g/mol. The summed E-state index contributed by atoms with van der Waals surface area (Å²) in [4.78, 5) is 13.6. The molecule has 26 heavy (non-hydrogen) atoms. The van der Waals surface area contributed by atoms with Crippen LogP contribution in [0.5, 0.6) is 11.5 Å². The maximum absolute atomic E-state index is 12.4. The van der Waals surface area contributed by atoms with Crippen molar-refractivity contribution in [3.63, 3.8) is 0 Å². The van der Waals surface area contributed by atoms with E-state index in [0.29, 0.717) is 11.5 Å². The van der Waals surface area contributed by atoms with E-state index >= 15 is 0 Å². The van der Waals surface area contributed by atoms with Crippen LogP contribution < -0.4 is 14.8 Å². The third kappa shape index (κ3) is 4.33. The van der Waals surface area contributed by atoms with E-state index in [-0.39, 0.29) is 11.9 Å². The number of hydrogen-bond donors (Lipinski definition) is 1. The van der Waals surface area contributed by atoms with Gasteiger partial charge in [0.25, 0.3) is 0 Å². The summed E-state index contributed by atoms with van der Waals surface area (Å²) in [6, 6.07) is 11.4. The van der Waals surface area contributed by atoms with Crippen LogP contribution in [0, 0.1) is 0 Å². The summed E-state index contributed by atoms with van der Waals surface area (Å²) >= 11 is 3.25. The zero-order valence-corrected chi connectivity index (χ0v) is 16.1. The molecule has 3 rings (SSSR count). The van der Waals surface area contributed by atoms with E-state index in [2.05, 4.69) is 10.7 Å². The third-order valence-electron chi connectivity index (χ3n) is 3.83. The summed E-state index contributed by atoms with van der Waals surface area (Å²) in [6.07, 6.45) is 3.30. The van der Waals surface area contributed by atoms with Crippen LogP contribution in [-0.2, 0) is 4.79 Å². The van der Waals surface area contributed by atoms with Gasteiger partial charge < -0.3 is 14.8 Å². The SMILES string of the molecule is COc1ccc(/C=C/C(=O)NC(c2ccsc2)c2cccs2)cc1OC. The van der Waals surface area contributed by atoms with Gasteiger partial charge in [0.15, 0.2) is 11.5 Å². The quantitative estimate of drug-likeness (QED) is 0.597. The fourth-order valence-corrected chi connectivity index (χ4v) is 4.02. The highest BCUT2D eigenvalue weighted by molar-refractivity contribution is 7.10. The summed E-state index contributed by atoms with van der Waals surface area (Å²) in [5.74, 6) is 1.14. The van der Waals surface area contributed by atoms with E-state index < -0.39 is 0 Å². The second-order valence-corrected chi connectivity index (χ2v) is 7.22. The lowest BCUT2D eigenvalue weighted by Crippen LogP contribution is -2.26. The van der Waals surface area contributed by atoms with Crippen molar-refractivity contribution in [1.82, 2.24) is 5.32 Å². The van der Waals surface area contributed by atoms with Gasteiger partial charge in [0.05, 0.1) is 20.3 Å².